The van der Waals surface area contributed by atoms with Crippen molar-refractivity contribution in [1.29, 1.82) is 0 Å². The van der Waals surface area contributed by atoms with Gasteiger partial charge >= 0.3 is 0 Å². The number of aromatic nitrogens is 3. The summed E-state index contributed by atoms with van der Waals surface area (Å²) in [6, 6.07) is 25.4. The van der Waals surface area contributed by atoms with Crippen LogP contribution in [0.15, 0.2) is 99.9 Å². The van der Waals surface area contributed by atoms with Crippen molar-refractivity contribution in [3.8, 4) is 5.75 Å². The zero-order chi connectivity index (χ0) is 30.3. The summed E-state index contributed by atoms with van der Waals surface area (Å²) in [7, 11) is 1.64. The van der Waals surface area contributed by atoms with Crippen molar-refractivity contribution in [3.05, 3.63) is 116 Å². The fourth-order valence-electron chi connectivity index (χ4n) is 4.93. The smallest absolute Gasteiger partial charge is 0.261 e. The Bertz CT molecular complexity index is 1720. The summed E-state index contributed by atoms with van der Waals surface area (Å²) in [6.45, 7) is 0.837. The van der Waals surface area contributed by atoms with E-state index in [2.05, 4.69) is 27.6 Å². The van der Waals surface area contributed by atoms with Crippen LogP contribution in [0.5, 0.6) is 5.75 Å². The van der Waals surface area contributed by atoms with Crippen LogP contribution in [0.2, 0.25) is 0 Å². The lowest BCUT2D eigenvalue weighted by Gasteiger charge is -2.22. The van der Waals surface area contributed by atoms with E-state index in [0.717, 1.165) is 28.3 Å². The van der Waals surface area contributed by atoms with Crippen molar-refractivity contribution in [3.63, 3.8) is 0 Å². The average molecular weight is 643 g/mol. The second-order valence-electron chi connectivity index (χ2n) is 9.99. The molecule has 9 nitrogen and oxygen atoms in total. The van der Waals surface area contributed by atoms with E-state index in [1.165, 1.54) is 28.7 Å². The number of benzene rings is 2. The van der Waals surface area contributed by atoms with Crippen molar-refractivity contribution in [2.45, 2.75) is 37.1 Å². The first-order valence-electron chi connectivity index (χ1n) is 14.1. The molecule has 1 atom stereocenters. The Morgan fingerprint density at radius 3 is 2.50 bits per heavy atom. The van der Waals surface area contributed by atoms with Crippen LogP contribution < -0.4 is 10.1 Å². The summed E-state index contributed by atoms with van der Waals surface area (Å²) in [5.74, 6) is 1.26. The molecule has 44 heavy (non-hydrogen) atoms. The van der Waals surface area contributed by atoms with Gasteiger partial charge in [-0.2, -0.15) is 5.10 Å². The zero-order valence-corrected chi connectivity index (χ0v) is 26.4. The number of hydrogen-bond acceptors (Lipinski definition) is 9. The fraction of sp³-hybridized carbons (Fsp3) is 0.219. The molecule has 1 aliphatic rings. The third kappa shape index (κ3) is 6.93. The standard InChI is InChI=1S/C32H30N6O3S3/c1-41-24-13-11-23(12-14-24)26-19-25(27-9-5-17-42-27)36-38(26)30(39)21-44-32-35-34-29(20-33-31(40)28-10-6-18-43-28)37(32)16-15-22-7-3-2-4-8-22/h2-14,17-18,26H,15-16,19-21H2,1H3,(H,33,40)/t26-/m1/s1. The molecule has 0 unspecified atom stereocenters. The van der Waals surface area contributed by atoms with Gasteiger partial charge in [0.05, 0.1) is 40.9 Å². The van der Waals surface area contributed by atoms with Crippen molar-refractivity contribution in [2.24, 2.45) is 5.10 Å². The molecule has 5 aromatic rings. The lowest BCUT2D eigenvalue weighted by atomic mass is 10.0. The topological polar surface area (TPSA) is 102 Å². The fourth-order valence-corrected chi connectivity index (χ4v) is 7.13. The highest BCUT2D eigenvalue weighted by molar-refractivity contribution is 7.99. The van der Waals surface area contributed by atoms with Crippen molar-refractivity contribution < 1.29 is 14.3 Å². The Morgan fingerprint density at radius 2 is 1.77 bits per heavy atom. The highest BCUT2D eigenvalue weighted by Gasteiger charge is 2.33. The first-order valence-corrected chi connectivity index (χ1v) is 16.8. The lowest BCUT2D eigenvalue weighted by molar-refractivity contribution is -0.130. The number of rotatable bonds is 12. The molecule has 0 saturated heterocycles. The number of thiophene rings is 2. The SMILES string of the molecule is COc1ccc([C@H]2CC(c3cccs3)=NN2C(=O)CSc2nnc(CNC(=O)c3cccs3)n2CCc2ccccc2)cc1. The van der Waals surface area contributed by atoms with Gasteiger partial charge in [-0.15, -0.1) is 32.9 Å². The Balaban J connectivity index is 1.19. The summed E-state index contributed by atoms with van der Waals surface area (Å²) in [5, 5.41) is 22.7. The van der Waals surface area contributed by atoms with Gasteiger partial charge in [-0.05, 0) is 52.6 Å². The van der Waals surface area contributed by atoms with Gasteiger partial charge in [0.25, 0.3) is 11.8 Å². The molecular formula is C32H30N6O3S3. The van der Waals surface area contributed by atoms with Gasteiger partial charge in [0.15, 0.2) is 11.0 Å². The second-order valence-corrected chi connectivity index (χ2v) is 12.8. The lowest BCUT2D eigenvalue weighted by Crippen LogP contribution is -2.28. The van der Waals surface area contributed by atoms with Crippen LogP contribution in [-0.2, 0) is 24.3 Å². The molecule has 6 rings (SSSR count). The van der Waals surface area contributed by atoms with Gasteiger partial charge in [-0.25, -0.2) is 5.01 Å². The van der Waals surface area contributed by atoms with E-state index in [9.17, 15) is 9.59 Å². The maximum absolute atomic E-state index is 13.7. The van der Waals surface area contributed by atoms with Crippen LogP contribution in [-0.4, -0.2) is 50.2 Å². The van der Waals surface area contributed by atoms with Gasteiger partial charge in [-0.1, -0.05) is 66.4 Å². The number of carbonyl (C=O) groups is 2. The third-order valence-electron chi connectivity index (χ3n) is 7.21. The van der Waals surface area contributed by atoms with Gasteiger partial charge < -0.3 is 14.6 Å². The van der Waals surface area contributed by atoms with Crippen LogP contribution >= 0.6 is 34.4 Å². The Kier molecular flexibility index (Phi) is 9.49. The molecule has 0 saturated carbocycles. The molecule has 1 N–H and O–H groups in total. The minimum absolute atomic E-state index is 0.118. The monoisotopic (exact) mass is 642 g/mol. The molecule has 0 aliphatic carbocycles. The van der Waals surface area contributed by atoms with Gasteiger partial charge in [0.1, 0.15) is 5.75 Å². The molecule has 3 aromatic heterocycles. The zero-order valence-electron chi connectivity index (χ0n) is 24.0. The Labute approximate surface area is 267 Å². The number of amides is 2. The molecule has 224 valence electrons. The molecule has 0 fully saturated rings. The molecule has 0 spiro atoms. The van der Waals surface area contributed by atoms with Crippen molar-refractivity contribution in [2.75, 3.05) is 12.9 Å². The van der Waals surface area contributed by atoms with E-state index in [0.29, 0.717) is 28.8 Å². The van der Waals surface area contributed by atoms with Crippen molar-refractivity contribution >= 4 is 52.0 Å². The number of carbonyl (C=O) groups excluding carboxylic acids is 2. The molecular weight excluding hydrogens is 613 g/mol. The Hall–Kier alpha value is -4.26. The second kappa shape index (κ2) is 14.0. The van der Waals surface area contributed by atoms with E-state index < -0.39 is 0 Å². The highest BCUT2D eigenvalue weighted by atomic mass is 32.2. The van der Waals surface area contributed by atoms with Crippen LogP contribution in [0.3, 0.4) is 0 Å². The quantitative estimate of drug-likeness (QED) is 0.166. The highest BCUT2D eigenvalue weighted by Crippen LogP contribution is 2.35. The average Bonchev–Trinajstić information content (AvgIpc) is 3.89. The summed E-state index contributed by atoms with van der Waals surface area (Å²) >= 11 is 4.34. The van der Waals surface area contributed by atoms with E-state index in [4.69, 9.17) is 9.84 Å². The van der Waals surface area contributed by atoms with Gasteiger partial charge in [0.2, 0.25) is 0 Å². The summed E-state index contributed by atoms with van der Waals surface area (Å²) < 4.78 is 7.33. The predicted molar refractivity (Wildman–Crippen MR) is 174 cm³/mol. The third-order valence-corrected chi connectivity index (χ3v) is 9.95. The summed E-state index contributed by atoms with van der Waals surface area (Å²) in [6.07, 6.45) is 1.39. The minimum Gasteiger partial charge on any atom is -0.497 e. The first kappa shape index (κ1) is 29.8. The summed E-state index contributed by atoms with van der Waals surface area (Å²) in [5.41, 5.74) is 3.07. The number of hydrogen-bond donors (Lipinski definition) is 1. The summed E-state index contributed by atoms with van der Waals surface area (Å²) in [4.78, 5) is 28.0. The molecule has 0 bridgehead atoms. The molecule has 12 heteroatoms. The van der Waals surface area contributed by atoms with Gasteiger partial charge in [0, 0.05) is 13.0 Å². The number of methoxy groups -OCH3 is 1. The number of ether oxygens (including phenoxy) is 1. The normalized spacial score (nSPS) is 14.4. The predicted octanol–water partition coefficient (Wildman–Crippen LogP) is 6.05. The van der Waals surface area contributed by atoms with Crippen LogP contribution in [0, 0.1) is 0 Å². The number of nitrogens with one attached hydrogen (secondary N) is 1. The van der Waals surface area contributed by atoms with E-state index in [1.807, 2.05) is 76.0 Å². The number of hydrazone groups is 1. The molecule has 4 heterocycles. The van der Waals surface area contributed by atoms with E-state index in [-0.39, 0.29) is 30.2 Å². The van der Waals surface area contributed by atoms with E-state index in [1.54, 1.807) is 29.5 Å². The maximum Gasteiger partial charge on any atom is 0.261 e. The number of aryl methyl sites for hydroxylation is 1. The van der Waals surface area contributed by atoms with Crippen LogP contribution in [0.25, 0.3) is 0 Å². The van der Waals surface area contributed by atoms with Gasteiger partial charge in [-0.3, -0.25) is 9.59 Å². The number of nitrogens with zero attached hydrogens (tertiary/aromatic N) is 5. The number of thioether (sulfide) groups is 1. The minimum atomic E-state index is -0.218. The maximum atomic E-state index is 13.7. The van der Waals surface area contributed by atoms with Crippen LogP contribution in [0.4, 0.5) is 0 Å². The first-order chi connectivity index (χ1) is 21.6. The molecule has 1 aliphatic heterocycles. The molecule has 0 radical (unpaired) electrons. The Morgan fingerprint density at radius 1 is 0.977 bits per heavy atom. The molecule has 2 amide bonds. The largest absolute Gasteiger partial charge is 0.497 e. The van der Waals surface area contributed by atoms with Crippen molar-refractivity contribution in [1.82, 2.24) is 25.1 Å². The van der Waals surface area contributed by atoms with Crippen LogP contribution in [0.1, 0.15) is 44.0 Å². The molecule has 2 aromatic carbocycles. The van der Waals surface area contributed by atoms with E-state index >= 15 is 0 Å².